The molecule has 3 rings (SSSR count). The molecule has 1 aliphatic rings. The first-order valence-corrected chi connectivity index (χ1v) is 10.8. The van der Waals surface area contributed by atoms with Crippen LogP contribution in [0.4, 0.5) is 19.0 Å². The van der Waals surface area contributed by atoms with Gasteiger partial charge in [0.25, 0.3) is 5.91 Å². The molecular formula is C19H21F3N4O3S. The van der Waals surface area contributed by atoms with Gasteiger partial charge in [-0.15, -0.1) is 0 Å². The fourth-order valence-corrected chi connectivity index (χ4v) is 4.15. The minimum atomic E-state index is -4.43. The average molecular weight is 442 g/mol. The number of halogens is 3. The fourth-order valence-electron chi connectivity index (χ4n) is 3.11. The standard InChI is InChI=1S/C19H21F3N4O3S/c1-2-24-30(28,29)16-6-3-14(4-7-16)18(27)26-11-9-25(10-12-26)17-8-5-15(13-23-17)19(20,21)22/h3-8,13,24H,2,9-12H2,1H3. The highest BCUT2D eigenvalue weighted by atomic mass is 32.2. The first-order chi connectivity index (χ1) is 14.1. The minimum Gasteiger partial charge on any atom is -0.353 e. The number of rotatable bonds is 5. The molecule has 1 aliphatic heterocycles. The summed E-state index contributed by atoms with van der Waals surface area (Å²) < 4.78 is 64.3. The van der Waals surface area contributed by atoms with Crippen molar-refractivity contribution < 1.29 is 26.4 Å². The Bertz CT molecular complexity index is 985. The van der Waals surface area contributed by atoms with Gasteiger partial charge in [0.1, 0.15) is 5.82 Å². The lowest BCUT2D eigenvalue weighted by atomic mass is 10.2. The van der Waals surface area contributed by atoms with Gasteiger partial charge in [0.05, 0.1) is 10.5 Å². The van der Waals surface area contributed by atoms with E-state index in [1.807, 2.05) is 4.90 Å². The lowest BCUT2D eigenvalue weighted by Crippen LogP contribution is -2.49. The maximum Gasteiger partial charge on any atom is 0.417 e. The van der Waals surface area contributed by atoms with E-state index in [4.69, 9.17) is 0 Å². The summed E-state index contributed by atoms with van der Waals surface area (Å²) in [4.78, 5) is 20.1. The van der Waals surface area contributed by atoms with Gasteiger partial charge in [0.2, 0.25) is 10.0 Å². The molecule has 0 atom stereocenters. The van der Waals surface area contributed by atoms with Gasteiger partial charge in [-0.1, -0.05) is 6.92 Å². The van der Waals surface area contributed by atoms with Crippen LogP contribution in [0, 0.1) is 0 Å². The van der Waals surface area contributed by atoms with Crippen LogP contribution in [-0.2, 0) is 16.2 Å². The van der Waals surface area contributed by atoms with Crippen LogP contribution < -0.4 is 9.62 Å². The number of carbonyl (C=O) groups is 1. The third-order valence-electron chi connectivity index (χ3n) is 4.71. The van der Waals surface area contributed by atoms with E-state index in [-0.39, 0.29) is 17.3 Å². The molecule has 2 aromatic rings. The summed E-state index contributed by atoms with van der Waals surface area (Å²) >= 11 is 0. The van der Waals surface area contributed by atoms with Crippen molar-refractivity contribution in [3.05, 3.63) is 53.7 Å². The number of sulfonamides is 1. The number of hydrogen-bond acceptors (Lipinski definition) is 5. The van der Waals surface area contributed by atoms with Crippen molar-refractivity contribution in [1.82, 2.24) is 14.6 Å². The van der Waals surface area contributed by atoms with Gasteiger partial charge in [-0.3, -0.25) is 4.79 Å². The third kappa shape index (κ3) is 4.90. The molecule has 1 N–H and O–H groups in total. The second-order valence-electron chi connectivity index (χ2n) is 6.71. The zero-order valence-electron chi connectivity index (χ0n) is 16.2. The Morgan fingerprint density at radius 1 is 1.07 bits per heavy atom. The van der Waals surface area contributed by atoms with E-state index in [0.29, 0.717) is 37.6 Å². The SMILES string of the molecule is CCNS(=O)(=O)c1ccc(C(=O)N2CCN(c3ccc(C(F)(F)F)cn3)CC2)cc1. The van der Waals surface area contributed by atoms with Crippen molar-refractivity contribution in [2.45, 2.75) is 18.0 Å². The van der Waals surface area contributed by atoms with E-state index >= 15 is 0 Å². The van der Waals surface area contributed by atoms with E-state index in [0.717, 1.165) is 12.3 Å². The predicted octanol–water partition coefficient (Wildman–Crippen LogP) is 2.36. The summed E-state index contributed by atoms with van der Waals surface area (Å²) in [7, 11) is -3.59. The zero-order chi connectivity index (χ0) is 21.9. The molecule has 0 bridgehead atoms. The fraction of sp³-hybridized carbons (Fsp3) is 0.368. The summed E-state index contributed by atoms with van der Waals surface area (Å²) in [6.07, 6.45) is -3.63. The topological polar surface area (TPSA) is 82.6 Å². The Morgan fingerprint density at radius 3 is 2.20 bits per heavy atom. The van der Waals surface area contributed by atoms with Crippen molar-refractivity contribution in [1.29, 1.82) is 0 Å². The highest BCUT2D eigenvalue weighted by Gasteiger charge is 2.31. The third-order valence-corrected chi connectivity index (χ3v) is 6.27. The van der Waals surface area contributed by atoms with Gasteiger partial charge in [-0.25, -0.2) is 18.1 Å². The normalized spacial score (nSPS) is 15.3. The van der Waals surface area contributed by atoms with Crippen molar-refractivity contribution in [3.63, 3.8) is 0 Å². The number of amides is 1. The molecule has 1 aromatic heterocycles. The monoisotopic (exact) mass is 442 g/mol. The van der Waals surface area contributed by atoms with Crippen LogP contribution in [0.15, 0.2) is 47.5 Å². The first kappa shape index (κ1) is 22.0. The lowest BCUT2D eigenvalue weighted by Gasteiger charge is -2.35. The van der Waals surface area contributed by atoms with Crippen molar-refractivity contribution in [3.8, 4) is 0 Å². The number of aromatic nitrogens is 1. The maximum atomic E-state index is 12.7. The highest BCUT2D eigenvalue weighted by Crippen LogP contribution is 2.29. The summed E-state index contributed by atoms with van der Waals surface area (Å²) in [6.45, 7) is 3.54. The van der Waals surface area contributed by atoms with Gasteiger partial charge in [-0.2, -0.15) is 13.2 Å². The smallest absolute Gasteiger partial charge is 0.353 e. The summed E-state index contributed by atoms with van der Waals surface area (Å²) in [5.74, 6) is 0.190. The molecule has 0 spiro atoms. The second kappa shape index (κ2) is 8.60. The molecule has 1 fully saturated rings. The molecular weight excluding hydrogens is 421 g/mol. The molecule has 0 saturated carbocycles. The molecule has 0 unspecified atom stereocenters. The second-order valence-corrected chi connectivity index (χ2v) is 8.47. The number of piperazine rings is 1. The van der Waals surface area contributed by atoms with Gasteiger partial charge < -0.3 is 9.80 Å². The molecule has 0 aliphatic carbocycles. The number of pyridine rings is 1. The lowest BCUT2D eigenvalue weighted by molar-refractivity contribution is -0.137. The Labute approximate surface area is 172 Å². The van der Waals surface area contributed by atoms with Gasteiger partial charge in [-0.05, 0) is 36.4 Å². The highest BCUT2D eigenvalue weighted by molar-refractivity contribution is 7.89. The van der Waals surface area contributed by atoms with Crippen LogP contribution in [0.25, 0.3) is 0 Å². The molecule has 2 heterocycles. The predicted molar refractivity (Wildman–Crippen MR) is 105 cm³/mol. The Morgan fingerprint density at radius 2 is 1.70 bits per heavy atom. The molecule has 7 nitrogen and oxygen atoms in total. The van der Waals surface area contributed by atoms with E-state index in [9.17, 15) is 26.4 Å². The van der Waals surface area contributed by atoms with Crippen molar-refractivity contribution in [2.75, 3.05) is 37.6 Å². The number of alkyl halides is 3. The van der Waals surface area contributed by atoms with Crippen LogP contribution in [0.3, 0.4) is 0 Å². The molecule has 162 valence electrons. The van der Waals surface area contributed by atoms with Gasteiger partial charge in [0.15, 0.2) is 0 Å². The molecule has 30 heavy (non-hydrogen) atoms. The van der Waals surface area contributed by atoms with Crippen LogP contribution in [0.2, 0.25) is 0 Å². The largest absolute Gasteiger partial charge is 0.417 e. The van der Waals surface area contributed by atoms with Gasteiger partial charge in [0, 0.05) is 44.5 Å². The molecule has 11 heteroatoms. The Balaban J connectivity index is 1.61. The van der Waals surface area contributed by atoms with Crippen LogP contribution >= 0.6 is 0 Å². The number of nitrogens with one attached hydrogen (secondary N) is 1. The van der Waals surface area contributed by atoms with E-state index in [1.54, 1.807) is 11.8 Å². The minimum absolute atomic E-state index is 0.0825. The van der Waals surface area contributed by atoms with Crippen LogP contribution in [0.5, 0.6) is 0 Å². The molecule has 1 saturated heterocycles. The van der Waals surface area contributed by atoms with E-state index < -0.39 is 21.8 Å². The van der Waals surface area contributed by atoms with Gasteiger partial charge >= 0.3 is 6.18 Å². The van der Waals surface area contributed by atoms with Crippen molar-refractivity contribution in [2.24, 2.45) is 0 Å². The van der Waals surface area contributed by atoms with E-state index in [1.165, 1.54) is 30.3 Å². The number of benzene rings is 1. The summed E-state index contributed by atoms with van der Waals surface area (Å²) in [6, 6.07) is 8.01. The number of anilines is 1. The number of nitrogens with zero attached hydrogens (tertiary/aromatic N) is 3. The molecule has 1 aromatic carbocycles. The zero-order valence-corrected chi connectivity index (χ0v) is 17.0. The van der Waals surface area contributed by atoms with Crippen molar-refractivity contribution >= 4 is 21.7 Å². The first-order valence-electron chi connectivity index (χ1n) is 9.29. The van der Waals surface area contributed by atoms with Crippen LogP contribution in [0.1, 0.15) is 22.8 Å². The summed E-state index contributed by atoms with van der Waals surface area (Å²) in [5.41, 5.74) is -0.439. The Hall–Kier alpha value is -2.66. The number of hydrogen-bond donors (Lipinski definition) is 1. The summed E-state index contributed by atoms with van der Waals surface area (Å²) in [5, 5.41) is 0. The maximum absolute atomic E-state index is 12.7. The average Bonchev–Trinajstić information content (AvgIpc) is 2.73. The molecule has 1 amide bonds. The van der Waals surface area contributed by atoms with E-state index in [2.05, 4.69) is 9.71 Å². The van der Waals surface area contributed by atoms with Crippen LogP contribution in [-0.4, -0.2) is 56.9 Å². The Kier molecular flexibility index (Phi) is 6.32. The number of carbonyl (C=O) groups excluding carboxylic acids is 1. The quantitative estimate of drug-likeness (QED) is 0.769. The molecule has 0 radical (unpaired) electrons.